The average Bonchev–Trinajstić information content (AvgIpc) is 3.28. The first kappa shape index (κ1) is 18.0. The number of benzene rings is 1. The number of fused-ring (bicyclic) bond motifs is 2. The maximum Gasteiger partial charge on any atom is 0.153 e. The molecule has 1 fully saturated rings. The Hall–Kier alpha value is -3.11. The number of nitrogens with one attached hydrogen (secondary N) is 1. The molecule has 0 amide bonds. The zero-order chi connectivity index (χ0) is 20.1. The van der Waals surface area contributed by atoms with E-state index < -0.39 is 17.9 Å². The Balaban J connectivity index is 1.54. The lowest BCUT2D eigenvalue weighted by Gasteiger charge is -2.31. The Morgan fingerprint density at radius 1 is 1.28 bits per heavy atom. The first-order chi connectivity index (χ1) is 14.0. The van der Waals surface area contributed by atoms with Gasteiger partial charge in [0.1, 0.15) is 23.7 Å². The summed E-state index contributed by atoms with van der Waals surface area (Å²) in [5, 5.41) is 21.7. The van der Waals surface area contributed by atoms with Crippen molar-refractivity contribution < 1.29 is 13.9 Å². The van der Waals surface area contributed by atoms with Gasteiger partial charge in [0, 0.05) is 38.2 Å². The van der Waals surface area contributed by atoms with Crippen molar-refractivity contribution in [1.29, 1.82) is 0 Å². The number of rotatable bonds is 3. The van der Waals surface area contributed by atoms with Crippen LogP contribution >= 0.6 is 0 Å². The van der Waals surface area contributed by atoms with E-state index in [9.17, 15) is 13.9 Å². The van der Waals surface area contributed by atoms with Crippen LogP contribution < -0.4 is 10.2 Å². The van der Waals surface area contributed by atoms with E-state index in [1.807, 2.05) is 11.0 Å². The molecule has 4 aromatic rings. The van der Waals surface area contributed by atoms with Crippen LogP contribution in [0.25, 0.3) is 16.6 Å². The summed E-state index contributed by atoms with van der Waals surface area (Å²) in [5.74, 6) is -0.583. The number of hydrogen-bond acceptors (Lipinski definition) is 6. The number of hydrogen-bond donors (Lipinski definition) is 2. The molecule has 1 unspecified atom stereocenters. The largest absolute Gasteiger partial charge is 0.377 e. The fraction of sp³-hybridized carbons (Fsp3) is 0.316. The molecule has 8 nitrogen and oxygen atoms in total. The second-order valence-electron chi connectivity index (χ2n) is 7.16. The number of anilines is 1. The number of halogens is 2. The maximum absolute atomic E-state index is 15.0. The van der Waals surface area contributed by atoms with Gasteiger partial charge < -0.3 is 10.0 Å². The molecule has 0 aliphatic carbocycles. The Kier molecular flexibility index (Phi) is 4.18. The molecule has 10 heteroatoms. The minimum absolute atomic E-state index is 0.00427. The van der Waals surface area contributed by atoms with Crippen LogP contribution in [0.15, 0.2) is 30.6 Å². The van der Waals surface area contributed by atoms with Crippen LogP contribution in [-0.2, 0) is 13.5 Å². The fourth-order valence-electron chi connectivity index (χ4n) is 3.74. The summed E-state index contributed by atoms with van der Waals surface area (Å²) in [6, 6.07) is 4.93. The first-order valence-corrected chi connectivity index (χ1v) is 9.30. The minimum atomic E-state index is -0.630. The maximum atomic E-state index is 15.0. The second-order valence-corrected chi connectivity index (χ2v) is 7.16. The lowest BCUT2D eigenvalue weighted by molar-refractivity contribution is 0.130. The van der Waals surface area contributed by atoms with Crippen LogP contribution in [0.5, 0.6) is 0 Å². The van der Waals surface area contributed by atoms with Crippen LogP contribution in [0.4, 0.5) is 14.6 Å². The van der Waals surface area contributed by atoms with E-state index in [-0.39, 0.29) is 17.4 Å². The van der Waals surface area contributed by atoms with Gasteiger partial charge in [-0.1, -0.05) is 0 Å². The van der Waals surface area contributed by atoms with Crippen LogP contribution in [0, 0.1) is 11.6 Å². The van der Waals surface area contributed by atoms with Gasteiger partial charge in [-0.15, -0.1) is 5.10 Å². The molecule has 1 atom stereocenters. The van der Waals surface area contributed by atoms with E-state index in [1.165, 1.54) is 16.9 Å². The predicted octanol–water partition coefficient (Wildman–Crippen LogP) is 1.21. The highest BCUT2D eigenvalue weighted by molar-refractivity contribution is 5.80. The quantitative estimate of drug-likeness (QED) is 0.539. The molecule has 1 aromatic carbocycles. The van der Waals surface area contributed by atoms with Crippen molar-refractivity contribution in [3.8, 4) is 0 Å². The van der Waals surface area contributed by atoms with Crippen molar-refractivity contribution in [3.05, 3.63) is 53.5 Å². The molecule has 0 radical (unpaired) electrons. The van der Waals surface area contributed by atoms with Crippen molar-refractivity contribution >= 4 is 22.4 Å². The summed E-state index contributed by atoms with van der Waals surface area (Å²) in [6.45, 7) is 1.74. The van der Waals surface area contributed by atoms with E-state index in [4.69, 9.17) is 0 Å². The Morgan fingerprint density at radius 2 is 2.14 bits per heavy atom. The average molecular weight is 399 g/mol. The zero-order valence-electron chi connectivity index (χ0n) is 15.7. The predicted molar refractivity (Wildman–Crippen MR) is 103 cm³/mol. The van der Waals surface area contributed by atoms with Crippen molar-refractivity contribution in [2.45, 2.75) is 12.6 Å². The Morgan fingerprint density at radius 3 is 2.97 bits per heavy atom. The molecular formula is C19H19F2N7O. The molecule has 1 aliphatic rings. The third-order valence-corrected chi connectivity index (χ3v) is 5.29. The number of aryl methyl sites for hydroxylation is 1. The third-order valence-electron chi connectivity index (χ3n) is 5.29. The highest BCUT2D eigenvalue weighted by atomic mass is 19.1. The van der Waals surface area contributed by atoms with Gasteiger partial charge in [0.05, 0.1) is 35.5 Å². The number of piperazine rings is 1. The molecule has 0 saturated carbocycles. The Labute approximate surface area is 164 Å². The molecule has 150 valence electrons. The SMILES string of the molecule is Cn1ncc2c(F)c(Cc3cnc4ccc(N5CCNC(O)C5)nn34)c(F)cc21. The highest BCUT2D eigenvalue weighted by Crippen LogP contribution is 2.26. The number of aliphatic hydroxyl groups is 1. The van der Waals surface area contributed by atoms with E-state index in [0.717, 1.165) is 0 Å². The highest BCUT2D eigenvalue weighted by Gasteiger charge is 2.21. The van der Waals surface area contributed by atoms with Gasteiger partial charge in [-0.25, -0.2) is 18.3 Å². The van der Waals surface area contributed by atoms with Gasteiger partial charge in [0.15, 0.2) is 5.65 Å². The van der Waals surface area contributed by atoms with Crippen LogP contribution in [0.2, 0.25) is 0 Å². The van der Waals surface area contributed by atoms with Gasteiger partial charge in [-0.05, 0) is 12.1 Å². The van der Waals surface area contributed by atoms with E-state index in [1.54, 1.807) is 23.8 Å². The van der Waals surface area contributed by atoms with Gasteiger partial charge in [0.25, 0.3) is 0 Å². The lowest BCUT2D eigenvalue weighted by Crippen LogP contribution is -2.51. The molecule has 2 N–H and O–H groups in total. The molecule has 1 saturated heterocycles. The molecule has 3 aromatic heterocycles. The molecule has 29 heavy (non-hydrogen) atoms. The number of aromatic nitrogens is 5. The summed E-state index contributed by atoms with van der Waals surface area (Å²) in [7, 11) is 1.64. The molecule has 0 spiro atoms. The normalized spacial score (nSPS) is 17.5. The smallest absolute Gasteiger partial charge is 0.153 e. The van der Waals surface area contributed by atoms with Gasteiger partial charge in [0.2, 0.25) is 0 Å². The monoisotopic (exact) mass is 399 g/mol. The summed E-state index contributed by atoms with van der Waals surface area (Å²) < 4.78 is 32.7. The molecule has 1 aliphatic heterocycles. The molecule has 0 bridgehead atoms. The number of imidazole rings is 1. The number of aliphatic hydroxyl groups excluding tert-OH is 1. The van der Waals surface area contributed by atoms with Gasteiger partial charge in [-0.3, -0.25) is 10.00 Å². The Bertz CT molecular complexity index is 1220. The van der Waals surface area contributed by atoms with E-state index in [0.29, 0.717) is 42.3 Å². The number of β-amino-alcohol motifs (C(OH)–C–C–N with tert-alkyl or cyclic N) is 1. The van der Waals surface area contributed by atoms with Crippen molar-refractivity contribution in [1.82, 2.24) is 29.7 Å². The second kappa shape index (κ2) is 6.75. The van der Waals surface area contributed by atoms with E-state index >= 15 is 0 Å². The number of nitrogens with zero attached hydrogens (tertiary/aromatic N) is 6. The van der Waals surface area contributed by atoms with Crippen molar-refractivity contribution in [2.24, 2.45) is 7.05 Å². The standard InChI is InChI=1S/C19H19F2N7O/c1-26-15-7-14(20)12(19(21)13(15)9-24-26)6-11-8-23-16-2-3-17(25-28(11)16)27-5-4-22-18(29)10-27/h2-3,7-9,18,22,29H,4-6,10H2,1H3. The van der Waals surface area contributed by atoms with Gasteiger partial charge in [-0.2, -0.15) is 5.10 Å². The minimum Gasteiger partial charge on any atom is -0.377 e. The summed E-state index contributed by atoms with van der Waals surface area (Å²) in [6.07, 6.45) is 2.35. The van der Waals surface area contributed by atoms with Crippen molar-refractivity contribution in [3.63, 3.8) is 0 Å². The topological polar surface area (TPSA) is 83.5 Å². The zero-order valence-corrected chi connectivity index (χ0v) is 15.7. The molecular weight excluding hydrogens is 380 g/mol. The fourth-order valence-corrected chi connectivity index (χ4v) is 3.74. The van der Waals surface area contributed by atoms with Crippen LogP contribution in [-0.4, -0.2) is 55.3 Å². The summed E-state index contributed by atoms with van der Waals surface area (Å²) in [5.41, 5.74) is 1.51. The van der Waals surface area contributed by atoms with E-state index in [2.05, 4.69) is 20.5 Å². The van der Waals surface area contributed by atoms with Crippen LogP contribution in [0.3, 0.4) is 0 Å². The molecule has 4 heterocycles. The van der Waals surface area contributed by atoms with Crippen LogP contribution in [0.1, 0.15) is 11.3 Å². The van der Waals surface area contributed by atoms with Crippen molar-refractivity contribution in [2.75, 3.05) is 24.5 Å². The van der Waals surface area contributed by atoms with Gasteiger partial charge >= 0.3 is 0 Å². The lowest BCUT2D eigenvalue weighted by atomic mass is 10.1. The molecule has 5 rings (SSSR count). The third kappa shape index (κ3) is 3.00. The summed E-state index contributed by atoms with van der Waals surface area (Å²) >= 11 is 0. The first-order valence-electron chi connectivity index (χ1n) is 9.30. The summed E-state index contributed by atoms with van der Waals surface area (Å²) in [4.78, 5) is 6.25.